The summed E-state index contributed by atoms with van der Waals surface area (Å²) in [6.07, 6.45) is -2.40. The summed E-state index contributed by atoms with van der Waals surface area (Å²) in [6, 6.07) is 7.38. The molecule has 12 nitrogen and oxygen atoms in total. The average molecular weight is 538 g/mol. The second-order valence-corrected chi connectivity index (χ2v) is 8.31. The van der Waals surface area contributed by atoms with Crippen molar-refractivity contribution in [2.75, 3.05) is 0 Å². The second kappa shape index (κ2) is 12.8. The van der Waals surface area contributed by atoms with Crippen LogP contribution in [0.2, 0.25) is 0 Å². The van der Waals surface area contributed by atoms with Crippen molar-refractivity contribution in [2.24, 2.45) is 0 Å². The number of aromatic hydroxyl groups is 4. The fraction of sp³-hybridized carbons (Fsp3) is 0.240. The van der Waals surface area contributed by atoms with Gasteiger partial charge in [-0.05, 0) is 47.5 Å². The van der Waals surface area contributed by atoms with Gasteiger partial charge >= 0.3 is 41.5 Å². The first-order valence-corrected chi connectivity index (χ1v) is 10.8. The molecule has 1 aliphatic carbocycles. The van der Waals surface area contributed by atoms with E-state index in [1.54, 1.807) is 0 Å². The molecule has 0 spiro atoms. The van der Waals surface area contributed by atoms with Crippen LogP contribution in [0.5, 0.6) is 23.0 Å². The normalized spacial score (nSPS) is 23.1. The predicted molar refractivity (Wildman–Crippen MR) is 123 cm³/mol. The molecule has 0 aromatic heterocycles. The standard InChI is InChI=1S/C25H24O12.Na/c26-15-5-1-13(9-17(15)28)3-7-21(31)36-20-12-25(24(34)35,11-19(30)23(20)33)37-22(32)8-4-14-2-6-16(27)18(29)10-14;/h1-10,19-20,23,26-30,33H,11-12H2,(H,34,35);/q;+1/p-1/b7-3+,8-4+;/t19-,20-,23+,25-;/m1./s1. The minimum atomic E-state index is -2.45. The van der Waals surface area contributed by atoms with Gasteiger partial charge in [0.25, 0.3) is 0 Å². The number of hydrogen-bond donors (Lipinski definition) is 6. The first-order valence-electron chi connectivity index (χ1n) is 10.8. The summed E-state index contributed by atoms with van der Waals surface area (Å²) in [7, 11) is 0. The number of phenolic OH excluding ortho intramolecular Hbond substituents is 4. The van der Waals surface area contributed by atoms with E-state index >= 15 is 0 Å². The summed E-state index contributed by atoms with van der Waals surface area (Å²) in [6.45, 7) is 0. The Morgan fingerprint density at radius 2 is 1.32 bits per heavy atom. The van der Waals surface area contributed by atoms with E-state index in [9.17, 15) is 50.1 Å². The Balaban J connectivity index is 0.00000507. The number of carbonyl (C=O) groups excluding carboxylic acids is 3. The number of rotatable bonds is 7. The number of phenols is 4. The van der Waals surface area contributed by atoms with E-state index in [-0.39, 0.29) is 46.6 Å². The number of carbonyl (C=O) groups is 3. The maximum atomic E-state index is 12.4. The van der Waals surface area contributed by atoms with Gasteiger partial charge in [0, 0.05) is 25.0 Å². The van der Waals surface area contributed by atoms with Gasteiger partial charge in [-0.1, -0.05) is 12.1 Å². The topological polar surface area (TPSA) is 214 Å². The number of aliphatic carboxylic acids is 1. The monoisotopic (exact) mass is 538 g/mol. The van der Waals surface area contributed by atoms with E-state index in [4.69, 9.17) is 9.47 Å². The molecule has 1 aliphatic rings. The molecule has 196 valence electrons. The van der Waals surface area contributed by atoms with Gasteiger partial charge in [0.1, 0.15) is 12.2 Å². The van der Waals surface area contributed by atoms with E-state index in [1.165, 1.54) is 36.4 Å². The molecule has 13 heteroatoms. The van der Waals surface area contributed by atoms with Crippen LogP contribution in [-0.2, 0) is 23.9 Å². The maximum Gasteiger partial charge on any atom is 1.00 e. The van der Waals surface area contributed by atoms with Crippen LogP contribution in [-0.4, -0.2) is 72.5 Å². The van der Waals surface area contributed by atoms with Crippen molar-refractivity contribution < 1.29 is 89.2 Å². The summed E-state index contributed by atoms with van der Waals surface area (Å²) < 4.78 is 10.2. The molecule has 1 saturated carbocycles. The van der Waals surface area contributed by atoms with E-state index in [0.29, 0.717) is 5.56 Å². The Labute approximate surface area is 238 Å². The Kier molecular flexibility index (Phi) is 10.3. The number of esters is 2. The van der Waals surface area contributed by atoms with Crippen LogP contribution in [0.4, 0.5) is 0 Å². The first kappa shape index (κ1) is 30.7. The number of hydrogen-bond acceptors (Lipinski definition) is 12. The van der Waals surface area contributed by atoms with Crippen molar-refractivity contribution in [2.45, 2.75) is 36.8 Å². The smallest absolute Gasteiger partial charge is 0.546 e. The van der Waals surface area contributed by atoms with Crippen LogP contribution in [0.1, 0.15) is 24.0 Å². The van der Waals surface area contributed by atoms with Crippen LogP contribution < -0.4 is 34.7 Å². The third-order valence-electron chi connectivity index (χ3n) is 5.60. The summed E-state index contributed by atoms with van der Waals surface area (Å²) >= 11 is 0. The number of carboxylic acids is 1. The average Bonchev–Trinajstić information content (AvgIpc) is 2.83. The molecule has 38 heavy (non-hydrogen) atoms. The predicted octanol–water partition coefficient (Wildman–Crippen LogP) is -3.30. The molecule has 2 aromatic carbocycles. The van der Waals surface area contributed by atoms with Crippen LogP contribution in [0.3, 0.4) is 0 Å². The molecular formula is C25H23NaO12. The molecule has 0 unspecified atom stereocenters. The molecule has 0 aliphatic heterocycles. The molecule has 3 rings (SSSR count). The molecule has 0 amide bonds. The molecular weight excluding hydrogens is 515 g/mol. The van der Waals surface area contributed by atoms with Crippen molar-refractivity contribution in [3.8, 4) is 23.0 Å². The van der Waals surface area contributed by atoms with Gasteiger partial charge in [-0.25, -0.2) is 9.59 Å². The van der Waals surface area contributed by atoms with Gasteiger partial charge in [0.2, 0.25) is 0 Å². The van der Waals surface area contributed by atoms with Gasteiger partial charge in [-0.2, -0.15) is 0 Å². The molecule has 6 N–H and O–H groups in total. The van der Waals surface area contributed by atoms with Gasteiger partial charge in [-0.15, -0.1) is 0 Å². The molecule has 0 radical (unpaired) electrons. The fourth-order valence-corrected chi connectivity index (χ4v) is 3.67. The Bertz CT molecular complexity index is 1260. The van der Waals surface area contributed by atoms with Gasteiger partial charge in [-0.3, -0.25) is 0 Å². The second-order valence-electron chi connectivity index (χ2n) is 8.31. The number of ether oxygens (including phenoxy) is 2. The largest absolute Gasteiger partial charge is 1.00 e. The SMILES string of the molecule is O=C(/C=C/c1ccc(O)c(O)c1)O[C@@H]1C[C@@](OC(=O)/C=C/c2ccc(O)c(O)c2)(C(=O)[O-])C[C@@H](O)[C@@H]1O.[Na+]. The maximum absolute atomic E-state index is 12.4. The van der Waals surface area contributed by atoms with Crippen LogP contribution in [0, 0.1) is 0 Å². The zero-order valence-corrected chi connectivity index (χ0v) is 22.1. The summed E-state index contributed by atoms with van der Waals surface area (Å²) in [5.74, 6) is -5.75. The van der Waals surface area contributed by atoms with E-state index < -0.39 is 66.2 Å². The van der Waals surface area contributed by atoms with E-state index in [0.717, 1.165) is 24.3 Å². The van der Waals surface area contributed by atoms with Crippen molar-refractivity contribution in [3.05, 3.63) is 59.7 Å². The zero-order valence-electron chi connectivity index (χ0n) is 20.1. The van der Waals surface area contributed by atoms with Gasteiger partial charge in [0.15, 0.2) is 28.6 Å². The van der Waals surface area contributed by atoms with Crippen LogP contribution in [0.25, 0.3) is 12.2 Å². The number of aliphatic hydroxyl groups excluding tert-OH is 2. The minimum Gasteiger partial charge on any atom is -0.546 e. The Morgan fingerprint density at radius 1 is 0.816 bits per heavy atom. The Morgan fingerprint density at radius 3 is 1.79 bits per heavy atom. The molecule has 4 atom stereocenters. The van der Waals surface area contributed by atoms with Crippen molar-refractivity contribution >= 4 is 30.1 Å². The van der Waals surface area contributed by atoms with Crippen molar-refractivity contribution in [1.82, 2.24) is 0 Å². The van der Waals surface area contributed by atoms with E-state index in [1.807, 2.05) is 0 Å². The third-order valence-corrected chi connectivity index (χ3v) is 5.60. The molecule has 2 aromatic rings. The van der Waals surface area contributed by atoms with Gasteiger partial charge < -0.3 is 50.0 Å². The minimum absolute atomic E-state index is 0. The first-order chi connectivity index (χ1) is 17.4. The van der Waals surface area contributed by atoms with E-state index in [2.05, 4.69) is 0 Å². The summed E-state index contributed by atoms with van der Waals surface area (Å²) in [5, 5.41) is 70.1. The van der Waals surface area contributed by atoms with Crippen molar-refractivity contribution in [3.63, 3.8) is 0 Å². The molecule has 1 fully saturated rings. The third kappa shape index (κ3) is 7.49. The summed E-state index contributed by atoms with van der Waals surface area (Å²) in [4.78, 5) is 36.6. The zero-order chi connectivity index (χ0) is 27.3. The summed E-state index contributed by atoms with van der Waals surface area (Å²) in [5.41, 5.74) is -1.87. The molecule has 0 bridgehead atoms. The van der Waals surface area contributed by atoms with Crippen LogP contribution in [0.15, 0.2) is 48.6 Å². The fourth-order valence-electron chi connectivity index (χ4n) is 3.67. The number of carboxylic acid groups (broad SMARTS) is 1. The number of aliphatic hydroxyl groups is 2. The number of benzene rings is 2. The molecule has 0 heterocycles. The van der Waals surface area contributed by atoms with Crippen LogP contribution >= 0.6 is 0 Å². The van der Waals surface area contributed by atoms with Gasteiger partial charge in [0.05, 0.1) is 12.1 Å². The quantitative estimate of drug-likeness (QED) is 0.0885. The Hall–Kier alpha value is -3.55. The molecule has 0 saturated heterocycles. The van der Waals surface area contributed by atoms with Crippen molar-refractivity contribution in [1.29, 1.82) is 0 Å².